The lowest BCUT2D eigenvalue weighted by Gasteiger charge is -2.27. The predicted molar refractivity (Wildman–Crippen MR) is 77.7 cm³/mol. The molecule has 0 bridgehead atoms. The molecule has 0 fully saturated rings. The fraction of sp³-hybridized carbons (Fsp3) is 0.571. The predicted octanol–water partition coefficient (Wildman–Crippen LogP) is 0.667. The molecule has 1 aromatic carbocycles. The second-order valence-electron chi connectivity index (χ2n) is 5.35. The van der Waals surface area contributed by atoms with Gasteiger partial charge in [0.2, 0.25) is 10.0 Å². The first-order chi connectivity index (χ1) is 8.84. The average molecular weight is 285 g/mol. The molecule has 0 unspecified atom stereocenters. The molecule has 0 saturated carbocycles. The molecule has 0 aromatic heterocycles. The number of benzene rings is 1. The lowest BCUT2D eigenvalue weighted by molar-refractivity contribution is -0.941. The van der Waals surface area contributed by atoms with Crippen molar-refractivity contribution >= 4 is 10.0 Å². The van der Waals surface area contributed by atoms with Gasteiger partial charge in [-0.2, -0.15) is 0 Å². The van der Waals surface area contributed by atoms with Crippen molar-refractivity contribution in [3.63, 3.8) is 0 Å². The zero-order valence-corrected chi connectivity index (χ0v) is 13.0. The van der Waals surface area contributed by atoms with E-state index < -0.39 is 10.0 Å². The Morgan fingerprint density at radius 1 is 1.05 bits per heavy atom. The summed E-state index contributed by atoms with van der Waals surface area (Å²) in [6.45, 7) is 9.87. The summed E-state index contributed by atoms with van der Waals surface area (Å²) in [5, 5.41) is 0. The second kappa shape index (κ2) is 7.03. The van der Waals surface area contributed by atoms with Crippen LogP contribution in [-0.4, -0.2) is 33.6 Å². The Morgan fingerprint density at radius 3 is 2.05 bits per heavy atom. The zero-order valence-electron chi connectivity index (χ0n) is 12.2. The minimum absolute atomic E-state index is 0.325. The summed E-state index contributed by atoms with van der Waals surface area (Å²) >= 11 is 0. The van der Waals surface area contributed by atoms with Gasteiger partial charge in [-0.05, 0) is 39.8 Å². The largest absolute Gasteiger partial charge is 0.330 e. The Hall–Kier alpha value is -0.910. The molecule has 19 heavy (non-hydrogen) atoms. The normalized spacial score (nSPS) is 12.6. The minimum atomic E-state index is -3.37. The van der Waals surface area contributed by atoms with Crippen LogP contribution in [-0.2, 0) is 10.0 Å². The highest BCUT2D eigenvalue weighted by Gasteiger charge is 2.18. The summed E-state index contributed by atoms with van der Waals surface area (Å²) in [5.74, 6) is 0. The Morgan fingerprint density at radius 2 is 1.58 bits per heavy atom. The lowest BCUT2D eigenvalue weighted by Crippen LogP contribution is -3.18. The van der Waals surface area contributed by atoms with Crippen LogP contribution in [0, 0.1) is 0 Å². The molecule has 0 saturated heterocycles. The van der Waals surface area contributed by atoms with Crippen LogP contribution in [0.1, 0.15) is 27.7 Å². The molecule has 0 radical (unpaired) electrons. The van der Waals surface area contributed by atoms with Crippen molar-refractivity contribution in [3.8, 4) is 0 Å². The summed E-state index contributed by atoms with van der Waals surface area (Å²) in [7, 11) is -3.37. The average Bonchev–Trinajstić information content (AvgIpc) is 2.34. The number of hydrogen-bond acceptors (Lipinski definition) is 2. The highest BCUT2D eigenvalue weighted by atomic mass is 32.2. The maximum Gasteiger partial charge on any atom is 0.240 e. The molecular formula is C14H25N2O2S+. The summed E-state index contributed by atoms with van der Waals surface area (Å²) in [6.07, 6.45) is 0. The monoisotopic (exact) mass is 285 g/mol. The van der Waals surface area contributed by atoms with Gasteiger partial charge in [-0.1, -0.05) is 18.2 Å². The van der Waals surface area contributed by atoms with Crippen LogP contribution in [0.4, 0.5) is 0 Å². The van der Waals surface area contributed by atoms with Gasteiger partial charge in [0.15, 0.2) is 0 Å². The quantitative estimate of drug-likeness (QED) is 0.773. The van der Waals surface area contributed by atoms with Gasteiger partial charge < -0.3 is 4.90 Å². The Labute approximate surface area is 116 Å². The van der Waals surface area contributed by atoms with Gasteiger partial charge in [0.25, 0.3) is 0 Å². The van der Waals surface area contributed by atoms with Gasteiger partial charge >= 0.3 is 0 Å². The van der Waals surface area contributed by atoms with Crippen molar-refractivity contribution in [1.82, 2.24) is 4.72 Å². The molecule has 5 heteroatoms. The second-order valence-corrected chi connectivity index (χ2v) is 7.11. The van der Waals surface area contributed by atoms with E-state index in [0.717, 1.165) is 6.54 Å². The van der Waals surface area contributed by atoms with E-state index >= 15 is 0 Å². The number of nitrogens with one attached hydrogen (secondary N) is 2. The summed E-state index contributed by atoms with van der Waals surface area (Å²) in [6, 6.07) is 9.46. The van der Waals surface area contributed by atoms with E-state index in [-0.39, 0.29) is 0 Å². The number of hydrogen-bond donors (Lipinski definition) is 2. The number of rotatable bonds is 7. The van der Waals surface area contributed by atoms with Crippen LogP contribution in [0.15, 0.2) is 35.2 Å². The van der Waals surface area contributed by atoms with Crippen molar-refractivity contribution in [2.75, 3.05) is 13.1 Å². The van der Waals surface area contributed by atoms with Gasteiger partial charge in [-0.25, -0.2) is 13.1 Å². The molecule has 108 valence electrons. The zero-order chi connectivity index (χ0) is 14.5. The van der Waals surface area contributed by atoms with E-state index in [9.17, 15) is 8.42 Å². The van der Waals surface area contributed by atoms with Crippen LogP contribution in [0.5, 0.6) is 0 Å². The molecule has 0 aliphatic carbocycles. The molecule has 0 heterocycles. The summed E-state index contributed by atoms with van der Waals surface area (Å²) < 4.78 is 26.7. The van der Waals surface area contributed by atoms with Crippen molar-refractivity contribution in [3.05, 3.63) is 30.3 Å². The van der Waals surface area contributed by atoms with Crippen molar-refractivity contribution in [2.24, 2.45) is 0 Å². The van der Waals surface area contributed by atoms with E-state index in [1.807, 2.05) is 6.07 Å². The standard InChI is InChI=1S/C14H24N2O2S/c1-12(2)16(13(3)4)11-10-15-19(17,18)14-8-6-5-7-9-14/h5-9,12-13,15H,10-11H2,1-4H3/p+1. The van der Waals surface area contributed by atoms with Gasteiger partial charge in [-0.3, -0.25) is 0 Å². The fourth-order valence-electron chi connectivity index (χ4n) is 2.26. The Kier molecular flexibility index (Phi) is 5.97. The fourth-order valence-corrected chi connectivity index (χ4v) is 3.31. The molecule has 1 rings (SSSR count). The highest BCUT2D eigenvalue weighted by Crippen LogP contribution is 2.06. The van der Waals surface area contributed by atoms with E-state index in [1.165, 1.54) is 4.90 Å². The van der Waals surface area contributed by atoms with Crippen LogP contribution in [0.2, 0.25) is 0 Å². The van der Waals surface area contributed by atoms with E-state index in [2.05, 4.69) is 32.4 Å². The first kappa shape index (κ1) is 16.1. The molecule has 2 N–H and O–H groups in total. The van der Waals surface area contributed by atoms with Gasteiger partial charge in [0, 0.05) is 0 Å². The molecule has 1 aromatic rings. The van der Waals surface area contributed by atoms with Crippen LogP contribution in [0.25, 0.3) is 0 Å². The van der Waals surface area contributed by atoms with Crippen molar-refractivity contribution in [1.29, 1.82) is 0 Å². The first-order valence-electron chi connectivity index (χ1n) is 6.75. The molecule has 0 aliphatic heterocycles. The SMILES string of the molecule is CC(C)[NH+](CCNS(=O)(=O)c1ccccc1)C(C)C. The molecule has 4 nitrogen and oxygen atoms in total. The van der Waals surface area contributed by atoms with Crippen LogP contribution >= 0.6 is 0 Å². The van der Waals surface area contributed by atoms with Gasteiger partial charge in [0.05, 0.1) is 30.1 Å². The van der Waals surface area contributed by atoms with E-state index in [1.54, 1.807) is 24.3 Å². The third-order valence-corrected chi connectivity index (χ3v) is 4.72. The Balaban J connectivity index is 2.58. The molecule has 0 amide bonds. The molecular weight excluding hydrogens is 260 g/mol. The third kappa shape index (κ3) is 4.93. The Bertz CT molecular complexity index is 461. The minimum Gasteiger partial charge on any atom is -0.330 e. The van der Waals surface area contributed by atoms with Gasteiger partial charge in [-0.15, -0.1) is 0 Å². The van der Waals surface area contributed by atoms with Crippen LogP contribution < -0.4 is 9.62 Å². The van der Waals surface area contributed by atoms with Gasteiger partial charge in [0.1, 0.15) is 0 Å². The smallest absolute Gasteiger partial charge is 0.240 e. The molecule has 0 atom stereocenters. The van der Waals surface area contributed by atoms with Crippen molar-refractivity contribution < 1.29 is 13.3 Å². The van der Waals surface area contributed by atoms with E-state index in [4.69, 9.17) is 0 Å². The summed E-state index contributed by atoms with van der Waals surface area (Å²) in [4.78, 5) is 1.72. The maximum absolute atomic E-state index is 12.0. The molecule has 0 aliphatic rings. The van der Waals surface area contributed by atoms with Crippen molar-refractivity contribution in [2.45, 2.75) is 44.7 Å². The molecule has 0 spiro atoms. The number of quaternary nitrogens is 1. The first-order valence-corrected chi connectivity index (χ1v) is 8.23. The lowest BCUT2D eigenvalue weighted by atomic mass is 10.2. The third-order valence-electron chi connectivity index (χ3n) is 3.24. The summed E-state index contributed by atoms with van der Waals surface area (Å²) in [5.41, 5.74) is 0. The number of sulfonamides is 1. The topological polar surface area (TPSA) is 50.6 Å². The van der Waals surface area contributed by atoms with E-state index in [0.29, 0.717) is 23.5 Å². The highest BCUT2D eigenvalue weighted by molar-refractivity contribution is 7.89. The van der Waals surface area contributed by atoms with Crippen LogP contribution in [0.3, 0.4) is 0 Å². The maximum atomic E-state index is 12.0.